The molecule has 1 heterocycles. The van der Waals surface area contributed by atoms with Crippen molar-refractivity contribution in [3.05, 3.63) is 29.8 Å². The van der Waals surface area contributed by atoms with Gasteiger partial charge >= 0.3 is 0 Å². The van der Waals surface area contributed by atoms with Crippen LogP contribution >= 0.6 is 0 Å². The number of aryl methyl sites for hydroxylation is 1. The molecule has 0 unspecified atom stereocenters. The maximum absolute atomic E-state index is 12.4. The summed E-state index contributed by atoms with van der Waals surface area (Å²) in [6, 6.07) is 7.85. The predicted octanol–water partition coefficient (Wildman–Crippen LogP) is 1.40. The third-order valence-electron chi connectivity index (χ3n) is 4.58. The number of para-hydroxylation sites is 1. The summed E-state index contributed by atoms with van der Waals surface area (Å²) >= 11 is 0. The van der Waals surface area contributed by atoms with E-state index in [0.29, 0.717) is 26.3 Å². The molecular formula is C20H30N2O5. The fourth-order valence-electron chi connectivity index (χ4n) is 3.02. The van der Waals surface area contributed by atoms with Crippen molar-refractivity contribution in [2.45, 2.75) is 32.2 Å². The Morgan fingerprint density at radius 3 is 2.59 bits per heavy atom. The zero-order valence-electron chi connectivity index (χ0n) is 16.2. The van der Waals surface area contributed by atoms with Gasteiger partial charge in [-0.1, -0.05) is 25.1 Å². The van der Waals surface area contributed by atoms with E-state index >= 15 is 0 Å². The van der Waals surface area contributed by atoms with Gasteiger partial charge < -0.3 is 24.4 Å². The van der Waals surface area contributed by atoms with Gasteiger partial charge in [-0.05, 0) is 30.9 Å². The normalized spacial score (nSPS) is 14.8. The lowest BCUT2D eigenvalue weighted by molar-refractivity contribution is -0.134. The van der Waals surface area contributed by atoms with Crippen molar-refractivity contribution in [1.29, 1.82) is 0 Å². The Balaban J connectivity index is 1.67. The summed E-state index contributed by atoms with van der Waals surface area (Å²) in [7, 11) is 1.59. The highest BCUT2D eigenvalue weighted by Crippen LogP contribution is 2.18. The standard InChI is InChI=1S/C20H30N2O5/c1-3-16-6-4-5-7-18(16)27-15-20(24)22-10-8-17(9-11-22)21-19(23)14-26-13-12-25-2/h4-7,17H,3,8-15H2,1-2H3,(H,21,23). The van der Waals surface area contributed by atoms with Crippen LogP contribution in [0.15, 0.2) is 24.3 Å². The fourth-order valence-corrected chi connectivity index (χ4v) is 3.02. The number of piperidine rings is 1. The lowest BCUT2D eigenvalue weighted by Gasteiger charge is -2.32. The second-order valence-electron chi connectivity index (χ2n) is 6.52. The Kier molecular flexibility index (Phi) is 9.07. The molecule has 0 spiro atoms. The van der Waals surface area contributed by atoms with Crippen LogP contribution in [0.25, 0.3) is 0 Å². The van der Waals surface area contributed by atoms with Crippen molar-refractivity contribution in [2.75, 3.05) is 46.6 Å². The topological polar surface area (TPSA) is 77.1 Å². The number of likely N-dealkylation sites (tertiary alicyclic amines) is 1. The molecule has 1 aliphatic heterocycles. The van der Waals surface area contributed by atoms with Crippen molar-refractivity contribution in [1.82, 2.24) is 10.2 Å². The average Bonchev–Trinajstić information content (AvgIpc) is 2.70. The number of carbonyl (C=O) groups is 2. The minimum Gasteiger partial charge on any atom is -0.483 e. The Bertz CT molecular complexity index is 600. The Morgan fingerprint density at radius 1 is 1.15 bits per heavy atom. The molecule has 0 aliphatic carbocycles. The van der Waals surface area contributed by atoms with Gasteiger partial charge in [0.1, 0.15) is 12.4 Å². The van der Waals surface area contributed by atoms with Gasteiger partial charge in [0.15, 0.2) is 6.61 Å². The molecule has 0 atom stereocenters. The summed E-state index contributed by atoms with van der Waals surface area (Å²) in [6.07, 6.45) is 2.34. The van der Waals surface area contributed by atoms with Crippen LogP contribution in [0, 0.1) is 0 Å². The summed E-state index contributed by atoms with van der Waals surface area (Å²) in [6.45, 7) is 4.25. The molecule has 0 aromatic heterocycles. The van der Waals surface area contributed by atoms with Crippen LogP contribution < -0.4 is 10.1 Å². The highest BCUT2D eigenvalue weighted by Gasteiger charge is 2.24. The number of nitrogens with one attached hydrogen (secondary N) is 1. The molecule has 1 aliphatic rings. The number of amides is 2. The highest BCUT2D eigenvalue weighted by molar-refractivity contribution is 5.78. The molecule has 7 heteroatoms. The van der Waals surface area contributed by atoms with Crippen LogP contribution in [0.5, 0.6) is 5.75 Å². The molecule has 1 fully saturated rings. The second-order valence-corrected chi connectivity index (χ2v) is 6.52. The third-order valence-corrected chi connectivity index (χ3v) is 4.58. The molecule has 0 radical (unpaired) electrons. The van der Waals surface area contributed by atoms with Crippen molar-refractivity contribution >= 4 is 11.8 Å². The van der Waals surface area contributed by atoms with Gasteiger partial charge in [-0.25, -0.2) is 0 Å². The Morgan fingerprint density at radius 2 is 1.89 bits per heavy atom. The molecule has 7 nitrogen and oxygen atoms in total. The number of hydrogen-bond acceptors (Lipinski definition) is 5. The van der Waals surface area contributed by atoms with Crippen LogP contribution in [0.1, 0.15) is 25.3 Å². The number of rotatable bonds is 10. The SMILES string of the molecule is CCc1ccccc1OCC(=O)N1CCC(NC(=O)COCCOC)CC1. The van der Waals surface area contributed by atoms with Crippen molar-refractivity contribution in [3.8, 4) is 5.75 Å². The first kappa shape index (κ1) is 21.2. The monoisotopic (exact) mass is 378 g/mol. The first-order valence-corrected chi connectivity index (χ1v) is 9.48. The van der Waals surface area contributed by atoms with Gasteiger partial charge in [0.2, 0.25) is 5.91 Å². The minimum atomic E-state index is -0.129. The van der Waals surface area contributed by atoms with Gasteiger partial charge in [-0.2, -0.15) is 0 Å². The summed E-state index contributed by atoms with van der Waals surface area (Å²) < 4.78 is 15.8. The zero-order valence-corrected chi connectivity index (χ0v) is 16.2. The van der Waals surface area contributed by atoms with E-state index in [2.05, 4.69) is 12.2 Å². The van der Waals surface area contributed by atoms with Crippen LogP contribution in [0.2, 0.25) is 0 Å². The number of methoxy groups -OCH3 is 1. The lowest BCUT2D eigenvalue weighted by atomic mass is 10.1. The van der Waals surface area contributed by atoms with Crippen LogP contribution in [0.3, 0.4) is 0 Å². The molecule has 1 N–H and O–H groups in total. The molecule has 27 heavy (non-hydrogen) atoms. The first-order valence-electron chi connectivity index (χ1n) is 9.48. The molecule has 1 aromatic carbocycles. The average molecular weight is 378 g/mol. The summed E-state index contributed by atoms with van der Waals surface area (Å²) in [4.78, 5) is 26.0. The van der Waals surface area contributed by atoms with Gasteiger partial charge in [0.25, 0.3) is 5.91 Å². The number of benzene rings is 1. The molecule has 0 saturated carbocycles. The van der Waals surface area contributed by atoms with Gasteiger partial charge in [0.05, 0.1) is 13.2 Å². The Hall–Kier alpha value is -2.12. The molecule has 0 bridgehead atoms. The van der Waals surface area contributed by atoms with E-state index in [1.54, 1.807) is 12.0 Å². The highest BCUT2D eigenvalue weighted by atomic mass is 16.5. The van der Waals surface area contributed by atoms with Crippen molar-refractivity contribution in [3.63, 3.8) is 0 Å². The van der Waals surface area contributed by atoms with E-state index in [0.717, 1.165) is 30.6 Å². The number of hydrogen-bond donors (Lipinski definition) is 1. The molecule has 150 valence electrons. The third kappa shape index (κ3) is 7.19. The first-order chi connectivity index (χ1) is 13.1. The molecular weight excluding hydrogens is 348 g/mol. The maximum Gasteiger partial charge on any atom is 0.260 e. The van der Waals surface area contributed by atoms with Crippen LogP contribution in [-0.2, 0) is 25.5 Å². The van der Waals surface area contributed by atoms with Crippen molar-refractivity contribution in [2.24, 2.45) is 0 Å². The summed E-state index contributed by atoms with van der Waals surface area (Å²) in [5.41, 5.74) is 1.10. The largest absolute Gasteiger partial charge is 0.483 e. The molecule has 1 aromatic rings. The quantitative estimate of drug-likeness (QED) is 0.623. The number of nitrogens with zero attached hydrogens (tertiary/aromatic N) is 1. The smallest absolute Gasteiger partial charge is 0.260 e. The van der Waals surface area contributed by atoms with E-state index in [9.17, 15) is 9.59 Å². The molecule has 1 saturated heterocycles. The van der Waals surface area contributed by atoms with E-state index in [1.807, 2.05) is 24.3 Å². The lowest BCUT2D eigenvalue weighted by Crippen LogP contribution is -2.48. The Labute approximate surface area is 161 Å². The molecule has 2 amide bonds. The predicted molar refractivity (Wildman–Crippen MR) is 102 cm³/mol. The van der Waals surface area contributed by atoms with Gasteiger partial charge in [0, 0.05) is 26.2 Å². The van der Waals surface area contributed by atoms with Crippen LogP contribution in [-0.4, -0.2) is 69.4 Å². The van der Waals surface area contributed by atoms with E-state index in [-0.39, 0.29) is 31.1 Å². The zero-order chi connectivity index (χ0) is 19.5. The van der Waals surface area contributed by atoms with E-state index in [1.165, 1.54) is 0 Å². The summed E-state index contributed by atoms with van der Waals surface area (Å²) in [5, 5.41) is 2.95. The minimum absolute atomic E-state index is 0.0198. The van der Waals surface area contributed by atoms with Gasteiger partial charge in [-0.15, -0.1) is 0 Å². The molecule has 2 rings (SSSR count). The fraction of sp³-hybridized carbons (Fsp3) is 0.600. The summed E-state index contributed by atoms with van der Waals surface area (Å²) in [5.74, 6) is 0.618. The number of carbonyl (C=O) groups excluding carboxylic acids is 2. The van der Waals surface area contributed by atoms with Crippen molar-refractivity contribution < 1.29 is 23.8 Å². The number of ether oxygens (including phenoxy) is 3. The van der Waals surface area contributed by atoms with Gasteiger partial charge in [-0.3, -0.25) is 9.59 Å². The second kappa shape index (κ2) is 11.6. The van der Waals surface area contributed by atoms with E-state index < -0.39 is 0 Å². The van der Waals surface area contributed by atoms with Crippen LogP contribution in [0.4, 0.5) is 0 Å². The van der Waals surface area contributed by atoms with E-state index in [4.69, 9.17) is 14.2 Å². The maximum atomic E-state index is 12.4.